The zero-order chi connectivity index (χ0) is 25.0. The van der Waals surface area contributed by atoms with Gasteiger partial charge in [0.2, 0.25) is 0 Å². The van der Waals surface area contributed by atoms with E-state index in [0.29, 0.717) is 36.5 Å². The average Bonchev–Trinajstić information content (AvgIpc) is 3.24. The Morgan fingerprint density at radius 1 is 1.00 bits per heavy atom. The van der Waals surface area contributed by atoms with Crippen molar-refractivity contribution < 1.29 is 28.6 Å². The van der Waals surface area contributed by atoms with Gasteiger partial charge in [0.25, 0.3) is 5.91 Å². The van der Waals surface area contributed by atoms with Crippen LogP contribution in [0.15, 0.2) is 47.2 Å². The minimum Gasteiger partial charge on any atom is -0.465 e. The van der Waals surface area contributed by atoms with Crippen LogP contribution in [0.4, 0.5) is 0 Å². The summed E-state index contributed by atoms with van der Waals surface area (Å²) in [6, 6.07) is 9.09. The van der Waals surface area contributed by atoms with Gasteiger partial charge >= 0.3 is 11.9 Å². The van der Waals surface area contributed by atoms with Gasteiger partial charge in [0.05, 0.1) is 36.6 Å². The Balaban J connectivity index is 2.11. The molecule has 2 aromatic rings. The second-order valence-corrected chi connectivity index (χ2v) is 7.98. The summed E-state index contributed by atoms with van der Waals surface area (Å²) < 4.78 is 17.0. The van der Waals surface area contributed by atoms with Gasteiger partial charge in [-0.1, -0.05) is 12.1 Å². The van der Waals surface area contributed by atoms with Crippen molar-refractivity contribution in [2.45, 2.75) is 27.2 Å². The lowest BCUT2D eigenvalue weighted by Gasteiger charge is -2.17. The fourth-order valence-corrected chi connectivity index (χ4v) is 4.28. The molecule has 0 atom stereocenters. The monoisotopic (exact) mass is 466 g/mol. The number of carbonyl (C=O) groups is 3. The normalized spacial score (nSPS) is 14.8. The van der Waals surface area contributed by atoms with Crippen molar-refractivity contribution in [1.29, 1.82) is 0 Å². The average molecular weight is 467 g/mol. The predicted octanol–water partition coefficient (Wildman–Crippen LogP) is 3.59. The molecule has 1 aromatic heterocycles. The van der Waals surface area contributed by atoms with Gasteiger partial charge in [-0.3, -0.25) is 4.79 Å². The SMILES string of the molecule is COCCCN1C(=O)C(=Cc2cc(C)n(-c3ccccc3C(=O)OC)c2C)C(C(=O)OC)=C1C. The zero-order valence-electron chi connectivity index (χ0n) is 20.4. The third kappa shape index (κ3) is 4.54. The second kappa shape index (κ2) is 10.5. The molecule has 0 N–H and O–H groups in total. The number of ether oxygens (including phenoxy) is 3. The number of aromatic nitrogens is 1. The second-order valence-electron chi connectivity index (χ2n) is 7.98. The molecule has 0 unspecified atom stereocenters. The highest BCUT2D eigenvalue weighted by Crippen LogP contribution is 2.33. The number of allylic oxidation sites excluding steroid dienone is 1. The number of hydrogen-bond acceptors (Lipinski definition) is 6. The molecule has 34 heavy (non-hydrogen) atoms. The van der Waals surface area contributed by atoms with Crippen LogP contribution in [-0.2, 0) is 23.8 Å². The number of nitrogens with zero attached hydrogens (tertiary/aromatic N) is 2. The Hall–Kier alpha value is -3.65. The van der Waals surface area contributed by atoms with Crippen molar-refractivity contribution in [2.24, 2.45) is 0 Å². The predicted molar refractivity (Wildman–Crippen MR) is 127 cm³/mol. The molecule has 0 saturated heterocycles. The lowest BCUT2D eigenvalue weighted by atomic mass is 10.0. The van der Waals surface area contributed by atoms with Crippen LogP contribution < -0.4 is 0 Å². The summed E-state index contributed by atoms with van der Waals surface area (Å²) in [6.45, 7) is 6.50. The van der Waals surface area contributed by atoms with E-state index in [0.717, 1.165) is 17.0 Å². The van der Waals surface area contributed by atoms with Crippen LogP contribution in [0.5, 0.6) is 0 Å². The molecule has 0 fully saturated rings. The molecule has 8 heteroatoms. The van der Waals surface area contributed by atoms with Gasteiger partial charge < -0.3 is 23.7 Å². The summed E-state index contributed by atoms with van der Waals surface area (Å²) in [5.74, 6) is -1.25. The molecule has 0 spiro atoms. The van der Waals surface area contributed by atoms with E-state index in [4.69, 9.17) is 14.2 Å². The zero-order valence-corrected chi connectivity index (χ0v) is 20.4. The molecule has 1 aromatic carbocycles. The highest BCUT2D eigenvalue weighted by molar-refractivity contribution is 6.16. The summed E-state index contributed by atoms with van der Waals surface area (Å²) >= 11 is 0. The highest BCUT2D eigenvalue weighted by atomic mass is 16.5. The smallest absolute Gasteiger partial charge is 0.340 e. The maximum Gasteiger partial charge on any atom is 0.340 e. The van der Waals surface area contributed by atoms with Gasteiger partial charge in [-0.2, -0.15) is 0 Å². The Bertz CT molecular complexity index is 1190. The Morgan fingerprint density at radius 3 is 2.32 bits per heavy atom. The van der Waals surface area contributed by atoms with Crippen molar-refractivity contribution >= 4 is 23.9 Å². The first kappa shape index (κ1) is 25.0. The molecular weight excluding hydrogens is 436 g/mol. The standard InChI is InChI=1S/C26H30N2O6/c1-16-14-19(17(2)28(16)22-11-8-7-10-20(22)25(30)33-5)15-21-23(26(31)34-6)18(3)27(24(21)29)12-9-13-32-4/h7-8,10-11,14-15H,9,12-13H2,1-6H3. The topological polar surface area (TPSA) is 87.1 Å². The van der Waals surface area contributed by atoms with Gasteiger partial charge in [-0.25, -0.2) is 9.59 Å². The first-order valence-electron chi connectivity index (χ1n) is 11.0. The first-order valence-corrected chi connectivity index (χ1v) is 11.0. The van der Waals surface area contributed by atoms with Gasteiger partial charge in [-0.05, 0) is 57.0 Å². The van der Waals surface area contributed by atoms with Crippen molar-refractivity contribution in [3.8, 4) is 5.69 Å². The number of aryl methyl sites for hydroxylation is 1. The first-order chi connectivity index (χ1) is 16.3. The van der Waals surface area contributed by atoms with Crippen LogP contribution >= 0.6 is 0 Å². The maximum absolute atomic E-state index is 13.3. The molecule has 1 amide bonds. The van der Waals surface area contributed by atoms with Gasteiger partial charge in [0, 0.05) is 37.3 Å². The van der Waals surface area contributed by atoms with Gasteiger partial charge in [0.1, 0.15) is 0 Å². The maximum atomic E-state index is 13.3. The van der Waals surface area contributed by atoms with Gasteiger partial charge in [0.15, 0.2) is 0 Å². The lowest BCUT2D eigenvalue weighted by Crippen LogP contribution is -2.26. The number of benzene rings is 1. The number of carbonyl (C=O) groups excluding carboxylic acids is 3. The van der Waals surface area contributed by atoms with E-state index in [-0.39, 0.29) is 17.1 Å². The van der Waals surface area contributed by atoms with Crippen molar-refractivity contribution in [2.75, 3.05) is 34.5 Å². The van der Waals surface area contributed by atoms with Crippen LogP contribution in [0.25, 0.3) is 11.8 Å². The largest absolute Gasteiger partial charge is 0.465 e. The fourth-order valence-electron chi connectivity index (χ4n) is 4.28. The van der Waals surface area contributed by atoms with E-state index in [9.17, 15) is 14.4 Å². The Labute approximate surface area is 199 Å². The highest BCUT2D eigenvalue weighted by Gasteiger charge is 2.37. The third-order valence-corrected chi connectivity index (χ3v) is 5.95. The summed E-state index contributed by atoms with van der Waals surface area (Å²) in [5, 5.41) is 0. The van der Waals surface area contributed by atoms with Crippen molar-refractivity contribution in [1.82, 2.24) is 9.47 Å². The number of para-hydroxylation sites is 1. The third-order valence-electron chi connectivity index (χ3n) is 5.95. The van der Waals surface area contributed by atoms with Crippen molar-refractivity contribution in [3.63, 3.8) is 0 Å². The van der Waals surface area contributed by atoms with Crippen LogP contribution in [0, 0.1) is 13.8 Å². The van der Waals surface area contributed by atoms with E-state index >= 15 is 0 Å². The summed E-state index contributed by atoms with van der Waals surface area (Å²) in [5.41, 5.74) is 4.63. The molecule has 0 radical (unpaired) electrons. The Morgan fingerprint density at radius 2 is 1.68 bits per heavy atom. The molecule has 8 nitrogen and oxygen atoms in total. The molecule has 0 saturated carbocycles. The van der Waals surface area contributed by atoms with Crippen LogP contribution in [0.1, 0.15) is 40.7 Å². The molecule has 2 heterocycles. The van der Waals surface area contributed by atoms with E-state index in [1.54, 1.807) is 37.1 Å². The number of methoxy groups -OCH3 is 3. The van der Waals surface area contributed by atoms with Crippen LogP contribution in [-0.4, -0.2) is 61.8 Å². The summed E-state index contributed by atoms with van der Waals surface area (Å²) in [7, 11) is 4.25. The molecule has 1 aliphatic rings. The minimum absolute atomic E-state index is 0.254. The van der Waals surface area contributed by atoms with Crippen LogP contribution in [0.3, 0.4) is 0 Å². The number of amides is 1. The lowest BCUT2D eigenvalue weighted by molar-refractivity contribution is -0.136. The molecule has 0 aliphatic carbocycles. The van der Waals surface area contributed by atoms with Crippen molar-refractivity contribution in [3.05, 3.63) is 69.7 Å². The summed E-state index contributed by atoms with van der Waals surface area (Å²) in [4.78, 5) is 39.8. The van der Waals surface area contributed by atoms with E-state index in [2.05, 4.69) is 0 Å². The number of rotatable bonds is 8. The molecule has 0 bridgehead atoms. The Kier molecular flexibility index (Phi) is 7.73. The van der Waals surface area contributed by atoms with E-state index in [1.165, 1.54) is 14.2 Å². The van der Waals surface area contributed by atoms with E-state index < -0.39 is 11.9 Å². The minimum atomic E-state index is -0.559. The molecule has 1 aliphatic heterocycles. The van der Waals surface area contributed by atoms with Crippen LogP contribution in [0.2, 0.25) is 0 Å². The molecule has 3 rings (SSSR count). The number of hydrogen-bond donors (Lipinski definition) is 0. The van der Waals surface area contributed by atoms with Gasteiger partial charge in [-0.15, -0.1) is 0 Å². The fraction of sp³-hybridized carbons (Fsp3) is 0.346. The molecular formula is C26H30N2O6. The summed E-state index contributed by atoms with van der Waals surface area (Å²) in [6.07, 6.45) is 2.36. The van der Waals surface area contributed by atoms with E-state index in [1.807, 2.05) is 36.6 Å². The quantitative estimate of drug-likeness (QED) is 0.336. The molecule has 180 valence electrons. The number of esters is 2.